The van der Waals surface area contributed by atoms with Crippen LogP contribution in [0.15, 0.2) is 24.4 Å². The number of morpholine rings is 1. The van der Waals surface area contributed by atoms with Crippen LogP contribution in [0.3, 0.4) is 0 Å². The maximum absolute atomic E-state index is 12.8. The van der Waals surface area contributed by atoms with Crippen LogP contribution in [0.4, 0.5) is 26.1 Å². The third-order valence-electron chi connectivity index (χ3n) is 6.29. The summed E-state index contributed by atoms with van der Waals surface area (Å²) in [6.07, 6.45) is 3.98. The summed E-state index contributed by atoms with van der Waals surface area (Å²) in [7, 11) is 0. The topological polar surface area (TPSA) is 76.7 Å². The van der Waals surface area contributed by atoms with E-state index in [1.807, 2.05) is 6.07 Å². The standard InChI is InChI=1S/C21H25F2N5O2/c1-12-11-29-3-2-27(12)16-7-17(14-6-18(30-21(22)23)20(24)25-9-14)26-19(8-16)28-10-13-4-15(28)5-13/h6-9,12-13,15,21H,2-5,10-11H2,1H3,(H2,24,25)/t12-,13?,15?/m0/s1. The highest BCUT2D eigenvalue weighted by Gasteiger charge is 2.43. The second kappa shape index (κ2) is 7.54. The smallest absolute Gasteiger partial charge is 0.387 e. The SMILES string of the molecule is C[C@H]1COCCN1c1cc(-c2cnc(N)c(OC(F)F)c2)nc(N2CC3CC2C3)c1. The van der Waals surface area contributed by atoms with Gasteiger partial charge in [0.05, 0.1) is 18.9 Å². The van der Waals surface area contributed by atoms with Crippen molar-refractivity contribution in [3.05, 3.63) is 24.4 Å². The Morgan fingerprint density at radius 2 is 2.07 bits per heavy atom. The van der Waals surface area contributed by atoms with E-state index in [0.29, 0.717) is 30.5 Å². The van der Waals surface area contributed by atoms with E-state index < -0.39 is 6.61 Å². The fourth-order valence-electron chi connectivity index (χ4n) is 4.67. The van der Waals surface area contributed by atoms with Crippen molar-refractivity contribution in [3.8, 4) is 17.0 Å². The molecular formula is C21H25F2N5O2. The Morgan fingerprint density at radius 3 is 2.77 bits per heavy atom. The van der Waals surface area contributed by atoms with Gasteiger partial charge in [-0.05, 0) is 37.8 Å². The first-order valence-electron chi connectivity index (χ1n) is 10.3. The van der Waals surface area contributed by atoms with Crippen molar-refractivity contribution >= 4 is 17.3 Å². The molecule has 2 bridgehead atoms. The van der Waals surface area contributed by atoms with Crippen molar-refractivity contribution in [2.75, 3.05) is 41.8 Å². The summed E-state index contributed by atoms with van der Waals surface area (Å²) in [6.45, 7) is 2.29. The Hall–Kier alpha value is -2.68. The minimum atomic E-state index is -2.97. The van der Waals surface area contributed by atoms with E-state index in [2.05, 4.69) is 32.5 Å². The third-order valence-corrected chi connectivity index (χ3v) is 6.29. The molecule has 4 fully saturated rings. The van der Waals surface area contributed by atoms with Gasteiger partial charge in [0.15, 0.2) is 11.6 Å². The number of hydrogen-bond acceptors (Lipinski definition) is 7. The van der Waals surface area contributed by atoms with Crippen LogP contribution in [0, 0.1) is 5.92 Å². The number of hydrogen-bond donors (Lipinski definition) is 1. The second-order valence-electron chi connectivity index (χ2n) is 8.32. The molecule has 7 nitrogen and oxygen atoms in total. The van der Waals surface area contributed by atoms with E-state index in [9.17, 15) is 8.78 Å². The van der Waals surface area contributed by atoms with Gasteiger partial charge in [-0.1, -0.05) is 0 Å². The maximum Gasteiger partial charge on any atom is 0.387 e. The normalized spacial score (nSPS) is 25.5. The van der Waals surface area contributed by atoms with E-state index in [4.69, 9.17) is 15.5 Å². The largest absolute Gasteiger partial charge is 0.431 e. The first kappa shape index (κ1) is 19.3. The molecule has 160 valence electrons. The van der Waals surface area contributed by atoms with Gasteiger partial charge in [-0.15, -0.1) is 0 Å². The van der Waals surface area contributed by atoms with Gasteiger partial charge in [0.1, 0.15) is 5.82 Å². The number of nitrogens with zero attached hydrogens (tertiary/aromatic N) is 4. The maximum atomic E-state index is 12.8. The fourth-order valence-corrected chi connectivity index (χ4v) is 4.67. The summed E-state index contributed by atoms with van der Waals surface area (Å²) in [5.74, 6) is 1.45. The molecule has 1 saturated carbocycles. The summed E-state index contributed by atoms with van der Waals surface area (Å²) >= 11 is 0. The van der Waals surface area contributed by atoms with Crippen LogP contribution in [-0.2, 0) is 4.74 Å². The van der Waals surface area contributed by atoms with Crippen molar-refractivity contribution < 1.29 is 18.3 Å². The van der Waals surface area contributed by atoms with Crippen LogP contribution in [0.25, 0.3) is 11.3 Å². The summed E-state index contributed by atoms with van der Waals surface area (Å²) in [5, 5.41) is 0. The highest BCUT2D eigenvalue weighted by molar-refractivity contribution is 5.71. The van der Waals surface area contributed by atoms with Crippen LogP contribution in [0.1, 0.15) is 19.8 Å². The lowest BCUT2D eigenvalue weighted by molar-refractivity contribution is -0.0494. The van der Waals surface area contributed by atoms with Gasteiger partial charge in [0, 0.05) is 48.7 Å². The van der Waals surface area contributed by atoms with Gasteiger partial charge >= 0.3 is 6.61 Å². The van der Waals surface area contributed by atoms with Gasteiger partial charge < -0.3 is 25.0 Å². The number of nitrogens with two attached hydrogens (primary N) is 1. The van der Waals surface area contributed by atoms with Gasteiger partial charge in [0.25, 0.3) is 0 Å². The molecule has 1 atom stereocenters. The van der Waals surface area contributed by atoms with Crippen LogP contribution >= 0.6 is 0 Å². The summed E-state index contributed by atoms with van der Waals surface area (Å²) in [5.41, 5.74) is 8.02. The number of anilines is 3. The molecule has 5 heterocycles. The molecule has 0 aromatic carbocycles. The minimum Gasteiger partial charge on any atom is -0.431 e. The van der Waals surface area contributed by atoms with Gasteiger partial charge in [-0.3, -0.25) is 0 Å². The van der Waals surface area contributed by atoms with Gasteiger partial charge in [0.2, 0.25) is 0 Å². The number of halogens is 2. The average Bonchev–Trinajstić information content (AvgIpc) is 3.31. The Bertz CT molecular complexity index is 938. The van der Waals surface area contributed by atoms with Gasteiger partial charge in [-0.2, -0.15) is 8.78 Å². The Balaban J connectivity index is 1.56. The van der Waals surface area contributed by atoms with Gasteiger partial charge in [-0.25, -0.2) is 9.97 Å². The number of aromatic nitrogens is 2. The Labute approximate surface area is 173 Å². The Morgan fingerprint density at radius 1 is 1.23 bits per heavy atom. The lowest BCUT2D eigenvalue weighted by Crippen LogP contribution is -2.43. The van der Waals surface area contributed by atoms with E-state index in [0.717, 1.165) is 30.5 Å². The number of alkyl halides is 2. The number of fused-ring (bicyclic) bond motifs is 1. The van der Waals surface area contributed by atoms with Crippen LogP contribution in [-0.4, -0.2) is 55.0 Å². The zero-order valence-corrected chi connectivity index (χ0v) is 16.8. The van der Waals surface area contributed by atoms with E-state index in [-0.39, 0.29) is 17.6 Å². The third kappa shape index (κ3) is 3.51. The number of rotatable bonds is 5. The highest BCUT2D eigenvalue weighted by atomic mass is 19.3. The highest BCUT2D eigenvalue weighted by Crippen LogP contribution is 2.44. The minimum absolute atomic E-state index is 0.0717. The van der Waals surface area contributed by atoms with Crippen molar-refractivity contribution in [2.24, 2.45) is 5.92 Å². The summed E-state index contributed by atoms with van der Waals surface area (Å²) < 4.78 is 35.6. The predicted octanol–water partition coefficient (Wildman–Crippen LogP) is 3.15. The number of nitrogen functional groups attached to an aromatic ring is 1. The lowest BCUT2D eigenvalue weighted by atomic mass is 9.86. The lowest BCUT2D eigenvalue weighted by Gasteiger charge is -2.36. The zero-order chi connectivity index (χ0) is 20.8. The van der Waals surface area contributed by atoms with Crippen LogP contribution in [0.2, 0.25) is 0 Å². The van der Waals surface area contributed by atoms with E-state index in [1.54, 1.807) is 6.20 Å². The molecular weight excluding hydrogens is 392 g/mol. The molecule has 0 unspecified atom stereocenters. The molecule has 0 amide bonds. The van der Waals surface area contributed by atoms with E-state index >= 15 is 0 Å². The zero-order valence-electron chi connectivity index (χ0n) is 16.8. The molecule has 0 spiro atoms. The number of pyridine rings is 2. The summed E-state index contributed by atoms with van der Waals surface area (Å²) in [4.78, 5) is 13.6. The molecule has 4 aliphatic rings. The summed E-state index contributed by atoms with van der Waals surface area (Å²) in [6, 6.07) is 6.36. The van der Waals surface area contributed by atoms with Crippen molar-refractivity contribution in [3.63, 3.8) is 0 Å². The predicted molar refractivity (Wildman–Crippen MR) is 110 cm³/mol. The molecule has 30 heavy (non-hydrogen) atoms. The Kier molecular flexibility index (Phi) is 4.85. The van der Waals surface area contributed by atoms with E-state index in [1.165, 1.54) is 18.9 Å². The van der Waals surface area contributed by atoms with Crippen LogP contribution in [0.5, 0.6) is 5.75 Å². The monoisotopic (exact) mass is 417 g/mol. The first-order chi connectivity index (χ1) is 14.5. The molecule has 3 saturated heterocycles. The fraction of sp³-hybridized carbons (Fsp3) is 0.524. The van der Waals surface area contributed by atoms with Crippen molar-refractivity contribution in [1.29, 1.82) is 0 Å². The quantitative estimate of drug-likeness (QED) is 0.801. The van der Waals surface area contributed by atoms with Crippen molar-refractivity contribution in [1.82, 2.24) is 9.97 Å². The number of ether oxygens (including phenoxy) is 2. The van der Waals surface area contributed by atoms with Crippen LogP contribution < -0.4 is 20.3 Å². The first-order valence-corrected chi connectivity index (χ1v) is 10.3. The molecule has 6 rings (SSSR count). The molecule has 2 aromatic rings. The molecule has 2 aromatic heterocycles. The molecule has 2 N–H and O–H groups in total. The molecule has 9 heteroatoms. The molecule has 1 aliphatic carbocycles. The molecule has 3 aliphatic heterocycles. The second-order valence-corrected chi connectivity index (χ2v) is 8.32. The average molecular weight is 417 g/mol. The van der Waals surface area contributed by atoms with Crippen molar-refractivity contribution in [2.45, 2.75) is 38.5 Å². The molecule has 0 radical (unpaired) electrons.